The minimum atomic E-state index is -0.515. The van der Waals surface area contributed by atoms with Gasteiger partial charge in [-0.25, -0.2) is 4.79 Å². The van der Waals surface area contributed by atoms with Crippen LogP contribution in [-0.2, 0) is 14.3 Å². The molecule has 0 bridgehead atoms. The summed E-state index contributed by atoms with van der Waals surface area (Å²) in [6, 6.07) is 9.13. The zero-order valence-corrected chi connectivity index (χ0v) is 12.3. The first-order valence-corrected chi connectivity index (χ1v) is 6.52. The Labute approximate surface area is 124 Å². The number of nitrogens with zero attached hydrogens (tertiary/aromatic N) is 3. The van der Waals surface area contributed by atoms with Crippen molar-refractivity contribution < 1.29 is 14.3 Å². The van der Waals surface area contributed by atoms with Crippen LogP contribution in [-0.4, -0.2) is 26.2 Å². The number of ether oxygens (including phenoxy) is 2. The van der Waals surface area contributed by atoms with Crippen molar-refractivity contribution in [1.29, 1.82) is 0 Å². The van der Waals surface area contributed by atoms with Crippen molar-refractivity contribution in [3.63, 3.8) is 0 Å². The van der Waals surface area contributed by atoms with Crippen LogP contribution < -0.4 is 0 Å². The molecule has 1 aromatic carbocycles. The average Bonchev–Trinajstić information content (AvgIpc) is 2.52. The summed E-state index contributed by atoms with van der Waals surface area (Å²) in [5.41, 5.74) is 9.68. The lowest BCUT2D eigenvalue weighted by molar-refractivity contribution is -0.134. The van der Waals surface area contributed by atoms with E-state index < -0.39 is 12.0 Å². The van der Waals surface area contributed by atoms with E-state index in [1.807, 2.05) is 37.3 Å². The first-order valence-electron chi connectivity index (χ1n) is 6.52. The fraction of sp³-hybridized carbons (Fsp3) is 0.400. The van der Waals surface area contributed by atoms with Crippen LogP contribution >= 0.6 is 0 Å². The Kier molecular flexibility index (Phi) is 7.01. The number of benzene rings is 1. The lowest BCUT2D eigenvalue weighted by Gasteiger charge is -2.26. The molecule has 0 radical (unpaired) electrons. The number of carbonyl (C=O) groups is 1. The standard InChI is InChI=1S/C15H19N3O3/c1-11(13(17-18-16)9-10-14(19)20-2)15(21-3)12-7-5-4-6-8-12/h4-11,13,15H,1-3H3/b10-9+/t11-,13-,15+/m0/s1. The van der Waals surface area contributed by atoms with Crippen molar-refractivity contribution in [2.75, 3.05) is 14.2 Å². The molecule has 0 saturated heterocycles. The molecule has 1 rings (SSSR count). The van der Waals surface area contributed by atoms with Crippen molar-refractivity contribution in [2.45, 2.75) is 19.1 Å². The SMILES string of the molecule is COC(=O)/C=C/[C@H](N=[N+]=[N-])[C@H](C)[C@@H](OC)c1ccccc1. The molecule has 0 aromatic heterocycles. The van der Waals surface area contributed by atoms with Gasteiger partial charge in [-0.05, 0) is 17.0 Å². The van der Waals surface area contributed by atoms with Gasteiger partial charge in [0.15, 0.2) is 0 Å². The lowest BCUT2D eigenvalue weighted by Crippen LogP contribution is -2.22. The Hall–Kier alpha value is -2.30. The largest absolute Gasteiger partial charge is 0.466 e. The van der Waals surface area contributed by atoms with Gasteiger partial charge in [0.05, 0.1) is 19.3 Å². The third-order valence-electron chi connectivity index (χ3n) is 3.21. The Morgan fingerprint density at radius 2 is 2.00 bits per heavy atom. The van der Waals surface area contributed by atoms with E-state index in [4.69, 9.17) is 10.3 Å². The van der Waals surface area contributed by atoms with Gasteiger partial charge in [0.25, 0.3) is 0 Å². The zero-order chi connectivity index (χ0) is 15.7. The van der Waals surface area contributed by atoms with E-state index in [-0.39, 0.29) is 12.0 Å². The highest BCUT2D eigenvalue weighted by Gasteiger charge is 2.25. The van der Waals surface area contributed by atoms with Crippen LogP contribution in [0.3, 0.4) is 0 Å². The Bertz CT molecular complexity index is 524. The predicted molar refractivity (Wildman–Crippen MR) is 79.4 cm³/mol. The predicted octanol–water partition coefficient (Wildman–Crippen LogP) is 3.42. The molecule has 0 spiro atoms. The maximum absolute atomic E-state index is 11.2. The number of carbonyl (C=O) groups excluding carboxylic acids is 1. The van der Waals surface area contributed by atoms with Gasteiger partial charge in [0.2, 0.25) is 0 Å². The molecule has 0 aliphatic heterocycles. The van der Waals surface area contributed by atoms with Gasteiger partial charge in [-0.15, -0.1) is 0 Å². The normalized spacial score (nSPS) is 15.0. The second-order valence-electron chi connectivity index (χ2n) is 4.50. The molecule has 112 valence electrons. The third-order valence-corrected chi connectivity index (χ3v) is 3.21. The summed E-state index contributed by atoms with van der Waals surface area (Å²) < 4.78 is 10.1. The van der Waals surface area contributed by atoms with Gasteiger partial charge in [0, 0.05) is 18.1 Å². The van der Waals surface area contributed by atoms with E-state index in [0.29, 0.717) is 0 Å². The second kappa shape index (κ2) is 8.79. The van der Waals surface area contributed by atoms with Crippen molar-refractivity contribution in [2.24, 2.45) is 11.0 Å². The van der Waals surface area contributed by atoms with E-state index in [1.165, 1.54) is 19.3 Å². The number of rotatable bonds is 7. The van der Waals surface area contributed by atoms with Gasteiger partial charge in [-0.2, -0.15) is 0 Å². The fourth-order valence-corrected chi connectivity index (χ4v) is 2.10. The molecule has 0 saturated carbocycles. The van der Waals surface area contributed by atoms with Crippen molar-refractivity contribution in [3.05, 3.63) is 58.5 Å². The molecule has 0 aliphatic carbocycles. The summed E-state index contributed by atoms with van der Waals surface area (Å²) in [4.78, 5) is 14.0. The Morgan fingerprint density at radius 1 is 1.33 bits per heavy atom. The van der Waals surface area contributed by atoms with Gasteiger partial charge in [-0.1, -0.05) is 48.4 Å². The minimum absolute atomic E-state index is 0.144. The van der Waals surface area contributed by atoms with Gasteiger partial charge in [-0.3, -0.25) is 0 Å². The summed E-state index contributed by atoms with van der Waals surface area (Å²) in [6.07, 6.45) is 2.54. The highest BCUT2D eigenvalue weighted by atomic mass is 16.5. The van der Waals surface area contributed by atoms with Gasteiger partial charge in [0.1, 0.15) is 0 Å². The van der Waals surface area contributed by atoms with Crippen molar-refractivity contribution in [3.8, 4) is 0 Å². The van der Waals surface area contributed by atoms with E-state index in [2.05, 4.69) is 14.8 Å². The molecule has 0 fully saturated rings. The molecule has 1 aromatic rings. The molecule has 21 heavy (non-hydrogen) atoms. The van der Waals surface area contributed by atoms with Crippen molar-refractivity contribution in [1.82, 2.24) is 0 Å². The van der Waals surface area contributed by atoms with E-state index in [9.17, 15) is 4.79 Å². The molecule has 6 heteroatoms. The number of hydrogen-bond donors (Lipinski definition) is 0. The van der Waals surface area contributed by atoms with Crippen LogP contribution in [0.15, 0.2) is 47.6 Å². The highest BCUT2D eigenvalue weighted by molar-refractivity contribution is 5.81. The molecule has 6 nitrogen and oxygen atoms in total. The molecule has 0 unspecified atom stereocenters. The number of azide groups is 1. The summed E-state index contributed by atoms with van der Waals surface area (Å²) in [5.74, 6) is -0.636. The molecule has 0 heterocycles. The molecule has 0 amide bonds. The molecular formula is C15H19N3O3. The maximum atomic E-state index is 11.2. The van der Waals surface area contributed by atoms with Gasteiger partial charge < -0.3 is 9.47 Å². The smallest absolute Gasteiger partial charge is 0.330 e. The van der Waals surface area contributed by atoms with E-state index in [1.54, 1.807) is 7.11 Å². The number of esters is 1. The maximum Gasteiger partial charge on any atom is 0.330 e. The fourth-order valence-electron chi connectivity index (χ4n) is 2.10. The van der Waals surface area contributed by atoms with Crippen LogP contribution in [0.5, 0.6) is 0 Å². The second-order valence-corrected chi connectivity index (χ2v) is 4.50. The molecule has 0 N–H and O–H groups in total. The molecule has 3 atom stereocenters. The Balaban J connectivity index is 2.98. The van der Waals surface area contributed by atoms with E-state index in [0.717, 1.165) is 5.56 Å². The van der Waals surface area contributed by atoms with E-state index >= 15 is 0 Å². The van der Waals surface area contributed by atoms with Gasteiger partial charge >= 0.3 is 5.97 Å². The summed E-state index contributed by atoms with van der Waals surface area (Å²) in [5, 5.41) is 3.73. The summed E-state index contributed by atoms with van der Waals surface area (Å²) in [7, 11) is 2.89. The minimum Gasteiger partial charge on any atom is -0.466 e. The Morgan fingerprint density at radius 3 is 2.52 bits per heavy atom. The number of hydrogen-bond acceptors (Lipinski definition) is 4. The molecular weight excluding hydrogens is 270 g/mol. The quantitative estimate of drug-likeness (QED) is 0.253. The monoisotopic (exact) mass is 289 g/mol. The van der Waals surface area contributed by atoms with Crippen LogP contribution in [0.1, 0.15) is 18.6 Å². The summed E-state index contributed by atoms with van der Waals surface area (Å²) in [6.45, 7) is 1.90. The third kappa shape index (κ3) is 4.95. The summed E-state index contributed by atoms with van der Waals surface area (Å²) >= 11 is 0. The van der Waals surface area contributed by atoms with Crippen LogP contribution in [0.25, 0.3) is 10.4 Å². The zero-order valence-electron chi connectivity index (χ0n) is 12.3. The van der Waals surface area contributed by atoms with Crippen LogP contribution in [0, 0.1) is 5.92 Å². The molecule has 0 aliphatic rings. The number of methoxy groups -OCH3 is 2. The van der Waals surface area contributed by atoms with Crippen LogP contribution in [0.2, 0.25) is 0 Å². The highest BCUT2D eigenvalue weighted by Crippen LogP contribution is 2.29. The lowest BCUT2D eigenvalue weighted by atomic mass is 9.91. The first-order chi connectivity index (χ1) is 10.1. The topological polar surface area (TPSA) is 84.3 Å². The first kappa shape index (κ1) is 16.8. The van der Waals surface area contributed by atoms with Crippen molar-refractivity contribution >= 4 is 5.97 Å². The van der Waals surface area contributed by atoms with Crippen LogP contribution in [0.4, 0.5) is 0 Å². The average molecular weight is 289 g/mol.